The van der Waals surface area contributed by atoms with Crippen molar-refractivity contribution in [3.05, 3.63) is 70.8 Å². The van der Waals surface area contributed by atoms with Crippen LogP contribution in [-0.4, -0.2) is 45.8 Å². The standard InChI is InChI=1S/C39H39N3O4/c1-4-7-9-11-13-23(14-12-10-8-5-2)41-36(43)28-19-15-24-26-17-21-30-35-31(39(46)42(38(30)45)40-6-3)22-18-27(33(26)35)25-16-20-29(37(41)44)34(28)32(24)25/h6,15-23H,4-5,7-14H2,1-3H3/b40-6+. The van der Waals surface area contributed by atoms with E-state index in [0.29, 0.717) is 33.0 Å². The molecule has 46 heavy (non-hydrogen) atoms. The smallest absolute Gasteiger partial charge is 0.271 e. The van der Waals surface area contributed by atoms with E-state index in [2.05, 4.69) is 18.9 Å². The first-order valence-electron chi connectivity index (χ1n) is 16.9. The Balaban J connectivity index is 1.39. The van der Waals surface area contributed by atoms with Crippen molar-refractivity contribution in [2.24, 2.45) is 5.10 Å². The molecule has 4 amide bonds. The Bertz CT molecular complexity index is 1960. The molecular weight excluding hydrogens is 574 g/mol. The van der Waals surface area contributed by atoms with E-state index >= 15 is 0 Å². The van der Waals surface area contributed by atoms with Crippen molar-refractivity contribution in [2.45, 2.75) is 91.0 Å². The molecule has 2 heterocycles. The van der Waals surface area contributed by atoms with E-state index in [1.165, 1.54) is 6.21 Å². The molecule has 0 unspecified atom stereocenters. The first kappa shape index (κ1) is 30.0. The Hall–Kier alpha value is -4.65. The zero-order valence-electron chi connectivity index (χ0n) is 26.8. The Labute approximate surface area is 268 Å². The van der Waals surface area contributed by atoms with Crippen LogP contribution in [-0.2, 0) is 0 Å². The Morgan fingerprint density at radius 1 is 0.543 bits per heavy atom. The molecule has 0 saturated carbocycles. The van der Waals surface area contributed by atoms with Crippen LogP contribution in [0.1, 0.15) is 126 Å². The molecule has 0 spiro atoms. The lowest BCUT2D eigenvalue weighted by atomic mass is 9.82. The molecule has 0 fully saturated rings. The number of carbonyl (C=O) groups excluding carboxylic acids is 4. The number of unbranched alkanes of at least 4 members (excludes halogenated alkanes) is 6. The molecule has 7 rings (SSSR count). The predicted octanol–water partition coefficient (Wildman–Crippen LogP) is 9.24. The van der Waals surface area contributed by atoms with Gasteiger partial charge in [-0.05, 0) is 76.3 Å². The number of hydrogen-bond donors (Lipinski definition) is 0. The van der Waals surface area contributed by atoms with E-state index in [0.717, 1.165) is 102 Å². The van der Waals surface area contributed by atoms with E-state index in [1.807, 2.05) is 36.4 Å². The molecule has 0 aromatic heterocycles. The third-order valence-electron chi connectivity index (χ3n) is 10.0. The van der Waals surface area contributed by atoms with Crippen LogP contribution < -0.4 is 0 Å². The van der Waals surface area contributed by atoms with Crippen molar-refractivity contribution in [1.82, 2.24) is 9.91 Å². The topological polar surface area (TPSA) is 87.1 Å². The van der Waals surface area contributed by atoms with Gasteiger partial charge >= 0.3 is 0 Å². The van der Waals surface area contributed by atoms with Crippen LogP contribution in [0, 0.1) is 0 Å². The molecule has 2 aliphatic rings. The van der Waals surface area contributed by atoms with Crippen LogP contribution in [0.25, 0.3) is 43.1 Å². The molecular formula is C39H39N3O4. The second-order valence-corrected chi connectivity index (χ2v) is 12.8. The lowest BCUT2D eigenvalue weighted by molar-refractivity contribution is 0.0515. The highest BCUT2D eigenvalue weighted by molar-refractivity contribution is 6.41. The molecule has 0 aliphatic carbocycles. The Kier molecular flexibility index (Phi) is 7.79. The maximum absolute atomic E-state index is 14.3. The van der Waals surface area contributed by atoms with Gasteiger partial charge in [-0.3, -0.25) is 24.1 Å². The first-order chi connectivity index (χ1) is 22.4. The van der Waals surface area contributed by atoms with Crippen molar-refractivity contribution in [2.75, 3.05) is 0 Å². The fourth-order valence-corrected chi connectivity index (χ4v) is 7.84. The largest absolute Gasteiger partial charge is 0.282 e. The summed E-state index contributed by atoms with van der Waals surface area (Å²) in [5, 5.41) is 11.5. The van der Waals surface area contributed by atoms with Crippen molar-refractivity contribution < 1.29 is 19.2 Å². The molecule has 5 aromatic rings. The van der Waals surface area contributed by atoms with E-state index in [9.17, 15) is 19.2 Å². The summed E-state index contributed by atoms with van der Waals surface area (Å²) in [6.07, 6.45) is 11.9. The van der Waals surface area contributed by atoms with Crippen LogP contribution in [0.3, 0.4) is 0 Å². The van der Waals surface area contributed by atoms with Crippen LogP contribution in [0.4, 0.5) is 0 Å². The maximum atomic E-state index is 14.3. The fraction of sp³-hybridized carbons (Fsp3) is 0.359. The van der Waals surface area contributed by atoms with E-state index in [1.54, 1.807) is 24.0 Å². The van der Waals surface area contributed by atoms with Gasteiger partial charge in [0, 0.05) is 34.2 Å². The van der Waals surface area contributed by atoms with E-state index < -0.39 is 11.8 Å². The molecule has 0 radical (unpaired) electrons. The minimum Gasteiger partial charge on any atom is -0.271 e. The molecule has 2 aliphatic heterocycles. The average molecular weight is 614 g/mol. The van der Waals surface area contributed by atoms with Gasteiger partial charge in [-0.1, -0.05) is 89.5 Å². The molecule has 7 heteroatoms. The number of benzene rings is 5. The van der Waals surface area contributed by atoms with E-state index in [4.69, 9.17) is 0 Å². The number of fused-ring (bicyclic) bond motifs is 2. The third kappa shape index (κ3) is 4.43. The summed E-state index contributed by atoms with van der Waals surface area (Å²) in [4.78, 5) is 56.9. The minimum absolute atomic E-state index is 0.118. The van der Waals surface area contributed by atoms with Crippen LogP contribution in [0.15, 0.2) is 53.6 Å². The van der Waals surface area contributed by atoms with Gasteiger partial charge in [-0.15, -0.1) is 0 Å². The SMILES string of the molecule is C/C=N/N1C(=O)c2ccc3c4ccc5c6c(ccc(c7ccc(c2c37)C1=O)c64)C(=O)N(C(CCCCCC)CCCCCC)C5=O. The van der Waals surface area contributed by atoms with Gasteiger partial charge in [0.05, 0.1) is 11.1 Å². The summed E-state index contributed by atoms with van der Waals surface area (Å²) >= 11 is 0. The van der Waals surface area contributed by atoms with Gasteiger partial charge in [-0.2, -0.15) is 10.1 Å². The highest BCUT2D eigenvalue weighted by Crippen LogP contribution is 2.46. The number of rotatable bonds is 12. The van der Waals surface area contributed by atoms with Gasteiger partial charge in [0.1, 0.15) is 0 Å². The molecule has 0 N–H and O–H groups in total. The van der Waals surface area contributed by atoms with Gasteiger partial charge in [0.15, 0.2) is 0 Å². The molecule has 0 bridgehead atoms. The lowest BCUT2D eigenvalue weighted by Gasteiger charge is -2.35. The van der Waals surface area contributed by atoms with Crippen molar-refractivity contribution in [1.29, 1.82) is 0 Å². The second-order valence-electron chi connectivity index (χ2n) is 12.8. The Morgan fingerprint density at radius 3 is 1.30 bits per heavy atom. The summed E-state index contributed by atoms with van der Waals surface area (Å²) in [5.41, 5.74) is 1.99. The van der Waals surface area contributed by atoms with Crippen molar-refractivity contribution in [3.8, 4) is 0 Å². The number of imide groups is 2. The van der Waals surface area contributed by atoms with Gasteiger partial charge in [-0.25, -0.2) is 0 Å². The molecule has 234 valence electrons. The normalized spacial score (nSPS) is 15.0. The van der Waals surface area contributed by atoms with Crippen LogP contribution in [0.2, 0.25) is 0 Å². The number of hydrazone groups is 1. The van der Waals surface area contributed by atoms with Gasteiger partial charge in [0.25, 0.3) is 23.6 Å². The maximum Gasteiger partial charge on any atom is 0.282 e. The highest BCUT2D eigenvalue weighted by Gasteiger charge is 2.39. The van der Waals surface area contributed by atoms with Crippen molar-refractivity contribution >= 4 is 72.9 Å². The van der Waals surface area contributed by atoms with E-state index in [-0.39, 0.29) is 17.9 Å². The molecule has 7 nitrogen and oxygen atoms in total. The minimum atomic E-state index is -0.453. The quantitative estimate of drug-likeness (QED) is 0.0461. The number of amides is 4. The summed E-state index contributed by atoms with van der Waals surface area (Å²) < 4.78 is 0. The average Bonchev–Trinajstić information content (AvgIpc) is 3.07. The first-order valence-corrected chi connectivity index (χ1v) is 16.9. The highest BCUT2D eigenvalue weighted by atomic mass is 16.2. The predicted molar refractivity (Wildman–Crippen MR) is 184 cm³/mol. The molecule has 5 aromatic carbocycles. The second kappa shape index (κ2) is 11.9. The Morgan fingerprint density at radius 2 is 0.935 bits per heavy atom. The van der Waals surface area contributed by atoms with Gasteiger partial charge in [0.2, 0.25) is 0 Å². The molecule has 0 saturated heterocycles. The lowest BCUT2D eigenvalue weighted by Crippen LogP contribution is -2.47. The summed E-state index contributed by atoms with van der Waals surface area (Å²) in [7, 11) is 0. The summed E-state index contributed by atoms with van der Waals surface area (Å²) in [6, 6.07) is 14.9. The van der Waals surface area contributed by atoms with Crippen LogP contribution >= 0.6 is 0 Å². The zero-order chi connectivity index (χ0) is 32.1. The monoisotopic (exact) mass is 613 g/mol. The number of hydrogen-bond acceptors (Lipinski definition) is 5. The van der Waals surface area contributed by atoms with Gasteiger partial charge < -0.3 is 0 Å². The summed E-state index contributed by atoms with van der Waals surface area (Å²) in [6.45, 7) is 6.05. The van der Waals surface area contributed by atoms with Crippen molar-refractivity contribution in [3.63, 3.8) is 0 Å². The summed E-state index contributed by atoms with van der Waals surface area (Å²) in [5.74, 6) is -1.32. The zero-order valence-corrected chi connectivity index (χ0v) is 26.8. The molecule has 0 atom stereocenters. The number of nitrogens with zero attached hydrogens (tertiary/aromatic N) is 3. The number of carbonyl (C=O) groups is 4. The third-order valence-corrected chi connectivity index (χ3v) is 10.0. The van der Waals surface area contributed by atoms with Crippen LogP contribution in [0.5, 0.6) is 0 Å². The fourth-order valence-electron chi connectivity index (χ4n) is 7.84.